The monoisotopic (exact) mass is 214 g/mol. The number of halogens is 2. The van der Waals surface area contributed by atoms with E-state index in [1.54, 1.807) is 12.1 Å². The molecule has 2 rings (SSSR count). The molecule has 0 amide bonds. The van der Waals surface area contributed by atoms with Crippen LogP contribution >= 0.6 is 23.2 Å². The average molecular weight is 215 g/mol. The molecule has 0 unspecified atom stereocenters. The number of carbonyl (C=O) groups excluding carboxylic acids is 1. The van der Waals surface area contributed by atoms with Crippen LogP contribution in [0.4, 0.5) is 0 Å². The highest BCUT2D eigenvalue weighted by molar-refractivity contribution is 6.35. The highest BCUT2D eigenvalue weighted by atomic mass is 35.5. The largest absolute Gasteiger partial charge is 0.299 e. The Morgan fingerprint density at radius 1 is 1.31 bits per heavy atom. The molecule has 0 radical (unpaired) electrons. The molecule has 68 valence electrons. The van der Waals surface area contributed by atoms with Gasteiger partial charge in [0.2, 0.25) is 0 Å². The quantitative estimate of drug-likeness (QED) is 0.701. The number of benzene rings is 1. The molecule has 1 aromatic rings. The lowest BCUT2D eigenvalue weighted by molar-refractivity contribution is -0.125. The van der Waals surface area contributed by atoms with Crippen LogP contribution < -0.4 is 0 Å². The number of ketones is 1. The molecule has 0 N–H and O–H groups in total. The van der Waals surface area contributed by atoms with Crippen molar-refractivity contribution in [1.29, 1.82) is 0 Å². The van der Waals surface area contributed by atoms with Crippen molar-refractivity contribution in [1.82, 2.24) is 0 Å². The van der Waals surface area contributed by atoms with Gasteiger partial charge in [-0.1, -0.05) is 29.3 Å². The molecule has 1 aromatic carbocycles. The zero-order valence-corrected chi connectivity index (χ0v) is 8.40. The molecule has 0 spiro atoms. The smallest absolute Gasteiger partial charge is 0.140 e. The van der Waals surface area contributed by atoms with Crippen molar-refractivity contribution in [2.45, 2.75) is 18.8 Å². The summed E-state index contributed by atoms with van der Waals surface area (Å²) >= 11 is 11.7. The number of carbonyl (C=O) groups is 1. The molecule has 1 aliphatic rings. The maximum Gasteiger partial charge on any atom is 0.140 e. The summed E-state index contributed by atoms with van der Waals surface area (Å²) in [4.78, 5) is 11.2. The first-order valence-electron chi connectivity index (χ1n) is 4.16. The van der Waals surface area contributed by atoms with Crippen molar-refractivity contribution in [3.05, 3.63) is 33.8 Å². The predicted octanol–water partition coefficient (Wildman–Crippen LogP) is 3.44. The van der Waals surface area contributed by atoms with Gasteiger partial charge in [-0.2, -0.15) is 0 Å². The van der Waals surface area contributed by atoms with Crippen molar-refractivity contribution < 1.29 is 4.79 Å². The Balaban J connectivity index is 2.35. The molecule has 1 aliphatic carbocycles. The fourth-order valence-corrected chi connectivity index (χ4v) is 2.06. The van der Waals surface area contributed by atoms with Crippen molar-refractivity contribution in [3.8, 4) is 0 Å². The Morgan fingerprint density at radius 3 is 2.54 bits per heavy atom. The summed E-state index contributed by atoms with van der Waals surface area (Å²) < 4.78 is 0. The van der Waals surface area contributed by atoms with E-state index in [-0.39, 0.29) is 11.7 Å². The van der Waals surface area contributed by atoms with E-state index in [1.165, 1.54) is 0 Å². The fourth-order valence-electron chi connectivity index (χ4n) is 1.52. The second-order valence-corrected chi connectivity index (χ2v) is 4.07. The van der Waals surface area contributed by atoms with Crippen molar-refractivity contribution in [2.24, 2.45) is 0 Å². The summed E-state index contributed by atoms with van der Waals surface area (Å²) in [6, 6.07) is 5.30. The standard InChI is InChI=1S/C10H8Cl2O/c11-6-1-2-7(9(12)5-6)8-3-4-10(8)13/h1-2,5,8H,3-4H2/t8-/m0/s1. The van der Waals surface area contributed by atoms with Crippen molar-refractivity contribution in [3.63, 3.8) is 0 Å². The van der Waals surface area contributed by atoms with Gasteiger partial charge in [0, 0.05) is 22.4 Å². The van der Waals surface area contributed by atoms with Gasteiger partial charge in [0.25, 0.3) is 0 Å². The van der Waals surface area contributed by atoms with Gasteiger partial charge in [-0.15, -0.1) is 0 Å². The predicted molar refractivity (Wildman–Crippen MR) is 53.4 cm³/mol. The SMILES string of the molecule is O=C1CC[C@H]1c1ccc(Cl)cc1Cl. The van der Waals surface area contributed by atoms with Crippen LogP contribution in [0.25, 0.3) is 0 Å². The van der Waals surface area contributed by atoms with Crippen LogP contribution in [0.2, 0.25) is 10.0 Å². The Bertz CT molecular complexity index is 360. The summed E-state index contributed by atoms with van der Waals surface area (Å²) in [7, 11) is 0. The van der Waals surface area contributed by atoms with Gasteiger partial charge >= 0.3 is 0 Å². The topological polar surface area (TPSA) is 17.1 Å². The molecule has 1 fully saturated rings. The fraction of sp³-hybridized carbons (Fsp3) is 0.300. The number of Topliss-reactive ketones (excluding diaryl/α,β-unsaturated/α-hetero) is 1. The summed E-state index contributed by atoms with van der Waals surface area (Å²) in [6.07, 6.45) is 1.60. The van der Waals surface area contributed by atoms with Crippen LogP contribution in [-0.2, 0) is 4.79 Å². The third kappa shape index (κ3) is 1.59. The van der Waals surface area contributed by atoms with Crippen molar-refractivity contribution in [2.75, 3.05) is 0 Å². The maximum absolute atomic E-state index is 11.2. The Morgan fingerprint density at radius 2 is 2.08 bits per heavy atom. The minimum absolute atomic E-state index is 0.0183. The van der Waals surface area contributed by atoms with E-state index >= 15 is 0 Å². The van der Waals surface area contributed by atoms with Gasteiger partial charge in [0.15, 0.2) is 0 Å². The molecule has 1 atom stereocenters. The van der Waals surface area contributed by atoms with Crippen LogP contribution in [0.15, 0.2) is 18.2 Å². The first-order valence-corrected chi connectivity index (χ1v) is 4.92. The van der Waals surface area contributed by atoms with Crippen LogP contribution in [0, 0.1) is 0 Å². The van der Waals surface area contributed by atoms with Gasteiger partial charge in [-0.05, 0) is 24.1 Å². The molecule has 0 saturated heterocycles. The Labute approximate surface area is 86.7 Å². The summed E-state index contributed by atoms with van der Waals surface area (Å²) in [6.45, 7) is 0. The third-order valence-electron chi connectivity index (χ3n) is 2.41. The zero-order chi connectivity index (χ0) is 9.42. The second-order valence-electron chi connectivity index (χ2n) is 3.22. The van der Waals surface area contributed by atoms with E-state index < -0.39 is 0 Å². The molecular weight excluding hydrogens is 207 g/mol. The third-order valence-corrected chi connectivity index (χ3v) is 2.97. The van der Waals surface area contributed by atoms with Gasteiger partial charge < -0.3 is 0 Å². The zero-order valence-electron chi connectivity index (χ0n) is 6.89. The minimum atomic E-state index is 0.0183. The van der Waals surface area contributed by atoms with Crippen LogP contribution in [0.1, 0.15) is 24.3 Å². The van der Waals surface area contributed by atoms with Crippen LogP contribution in [0.5, 0.6) is 0 Å². The molecule has 0 aromatic heterocycles. The van der Waals surface area contributed by atoms with Crippen molar-refractivity contribution >= 4 is 29.0 Å². The van der Waals surface area contributed by atoms with E-state index in [0.29, 0.717) is 16.5 Å². The van der Waals surface area contributed by atoms with Crippen LogP contribution in [0.3, 0.4) is 0 Å². The lowest BCUT2D eigenvalue weighted by Gasteiger charge is -2.25. The lowest BCUT2D eigenvalue weighted by atomic mass is 9.79. The highest BCUT2D eigenvalue weighted by Crippen LogP contribution is 2.37. The molecule has 13 heavy (non-hydrogen) atoms. The van der Waals surface area contributed by atoms with E-state index in [9.17, 15) is 4.79 Å². The van der Waals surface area contributed by atoms with Crippen LogP contribution in [-0.4, -0.2) is 5.78 Å². The first kappa shape index (κ1) is 9.04. The normalized spacial score (nSPS) is 21.4. The van der Waals surface area contributed by atoms with E-state index in [0.717, 1.165) is 12.0 Å². The van der Waals surface area contributed by atoms with Gasteiger partial charge in [-0.25, -0.2) is 0 Å². The van der Waals surface area contributed by atoms with Gasteiger partial charge in [0.05, 0.1) is 0 Å². The highest BCUT2D eigenvalue weighted by Gasteiger charge is 2.30. The Hall–Kier alpha value is -0.530. The number of hydrogen-bond donors (Lipinski definition) is 0. The van der Waals surface area contributed by atoms with E-state index in [4.69, 9.17) is 23.2 Å². The molecule has 0 heterocycles. The van der Waals surface area contributed by atoms with E-state index in [1.807, 2.05) is 6.07 Å². The molecule has 1 nitrogen and oxygen atoms in total. The summed E-state index contributed by atoms with van der Waals surface area (Å²) in [5, 5.41) is 1.21. The van der Waals surface area contributed by atoms with Gasteiger partial charge in [0.1, 0.15) is 5.78 Å². The number of hydrogen-bond acceptors (Lipinski definition) is 1. The number of rotatable bonds is 1. The van der Waals surface area contributed by atoms with Gasteiger partial charge in [-0.3, -0.25) is 4.79 Å². The minimum Gasteiger partial charge on any atom is -0.299 e. The van der Waals surface area contributed by atoms with E-state index in [2.05, 4.69) is 0 Å². The maximum atomic E-state index is 11.2. The average Bonchev–Trinajstić information content (AvgIpc) is 2.07. The summed E-state index contributed by atoms with van der Waals surface area (Å²) in [5.41, 5.74) is 0.919. The Kier molecular flexibility index (Phi) is 2.31. The summed E-state index contributed by atoms with van der Waals surface area (Å²) in [5.74, 6) is 0.300. The molecule has 1 saturated carbocycles. The molecular formula is C10H8Cl2O. The second kappa shape index (κ2) is 3.32. The first-order chi connectivity index (χ1) is 6.18. The lowest BCUT2D eigenvalue weighted by Crippen LogP contribution is -2.23. The molecule has 3 heteroatoms. The molecule has 0 aliphatic heterocycles. The molecule has 0 bridgehead atoms.